The van der Waals surface area contributed by atoms with Crippen molar-refractivity contribution in [3.63, 3.8) is 0 Å². The molecule has 3 atom stereocenters. The zero-order valence-electron chi connectivity index (χ0n) is 20.1. The minimum Gasteiger partial charge on any atom is -0.508 e. The van der Waals surface area contributed by atoms with Crippen molar-refractivity contribution in [1.29, 1.82) is 0 Å². The number of aromatic hydroxyl groups is 1. The highest BCUT2D eigenvalue weighted by molar-refractivity contribution is 5.93. The number of phenols is 1. The number of hydrogen-bond donors (Lipinski definition) is 6. The topological polar surface area (TPSA) is 177 Å². The van der Waals surface area contributed by atoms with Gasteiger partial charge in [0.2, 0.25) is 23.6 Å². The molecule has 35 heavy (non-hydrogen) atoms. The molecule has 0 aliphatic carbocycles. The van der Waals surface area contributed by atoms with E-state index in [0.717, 1.165) is 22.3 Å². The van der Waals surface area contributed by atoms with E-state index in [9.17, 15) is 24.3 Å². The highest BCUT2D eigenvalue weighted by atomic mass is 16.3. The Morgan fingerprint density at radius 3 is 2.11 bits per heavy atom. The predicted molar refractivity (Wildman–Crippen MR) is 131 cm³/mol. The van der Waals surface area contributed by atoms with Crippen molar-refractivity contribution in [3.8, 4) is 5.75 Å². The van der Waals surface area contributed by atoms with Crippen molar-refractivity contribution in [2.45, 2.75) is 51.7 Å². The average molecular weight is 484 g/mol. The first-order valence-corrected chi connectivity index (χ1v) is 11.2. The van der Waals surface area contributed by atoms with Gasteiger partial charge >= 0.3 is 0 Å². The van der Waals surface area contributed by atoms with Gasteiger partial charge in [0.05, 0.1) is 12.6 Å². The number of carbonyl (C=O) groups is 4. The lowest BCUT2D eigenvalue weighted by atomic mass is 9.96. The predicted octanol–water partition coefficient (Wildman–Crippen LogP) is -0.287. The quantitative estimate of drug-likeness (QED) is 0.256. The van der Waals surface area contributed by atoms with Gasteiger partial charge in [0.15, 0.2) is 0 Å². The van der Waals surface area contributed by atoms with Gasteiger partial charge in [0.1, 0.15) is 17.8 Å². The molecule has 0 saturated carbocycles. The maximum Gasteiger partial charge on any atom is 0.242 e. The largest absolute Gasteiger partial charge is 0.508 e. The molecule has 8 N–H and O–H groups in total. The Kier molecular flexibility index (Phi) is 9.77. The Hall–Kier alpha value is -3.92. The normalized spacial score (nSPS) is 13.3. The van der Waals surface area contributed by atoms with Gasteiger partial charge in [-0.05, 0) is 61.6 Å². The summed E-state index contributed by atoms with van der Waals surface area (Å²) in [5, 5.41) is 17.1. The first-order valence-electron chi connectivity index (χ1n) is 11.2. The maximum atomic E-state index is 12.5. The molecule has 0 fully saturated rings. The monoisotopic (exact) mass is 483 g/mol. The van der Waals surface area contributed by atoms with E-state index < -0.39 is 48.3 Å². The Balaban J connectivity index is 1.83. The summed E-state index contributed by atoms with van der Waals surface area (Å²) in [6.45, 7) is 4.71. The molecule has 2 aromatic rings. The summed E-state index contributed by atoms with van der Waals surface area (Å²) < 4.78 is 0. The molecule has 2 aromatic carbocycles. The van der Waals surface area contributed by atoms with E-state index in [1.165, 1.54) is 6.92 Å². The fraction of sp³-hybridized carbons (Fsp3) is 0.360. The van der Waals surface area contributed by atoms with Crippen LogP contribution in [0, 0.1) is 13.8 Å². The summed E-state index contributed by atoms with van der Waals surface area (Å²) in [5.74, 6) is -2.26. The van der Waals surface area contributed by atoms with Gasteiger partial charge in [0, 0.05) is 6.42 Å². The number of aryl methyl sites for hydroxylation is 2. The van der Waals surface area contributed by atoms with Crippen molar-refractivity contribution >= 4 is 23.6 Å². The summed E-state index contributed by atoms with van der Waals surface area (Å²) in [6.07, 6.45) is 0.455. The van der Waals surface area contributed by atoms with Gasteiger partial charge in [-0.25, -0.2) is 0 Å². The highest BCUT2D eigenvalue weighted by Gasteiger charge is 2.23. The molecule has 0 spiro atoms. The Morgan fingerprint density at radius 1 is 0.943 bits per heavy atom. The van der Waals surface area contributed by atoms with Crippen LogP contribution in [-0.4, -0.2) is 53.4 Å². The first-order chi connectivity index (χ1) is 16.5. The SMILES string of the molecule is Cc1cc(O)cc(C)c1C[C@H](N)C(=O)N[C@H](C)C(=O)NCC(=O)N[C@@H](Cc1ccccc1)C(N)=O. The van der Waals surface area contributed by atoms with Gasteiger partial charge in [-0.2, -0.15) is 0 Å². The number of rotatable bonds is 11. The smallest absolute Gasteiger partial charge is 0.242 e. The maximum absolute atomic E-state index is 12.5. The summed E-state index contributed by atoms with van der Waals surface area (Å²) in [7, 11) is 0. The van der Waals surface area contributed by atoms with Gasteiger partial charge in [0.25, 0.3) is 0 Å². The van der Waals surface area contributed by atoms with E-state index in [2.05, 4.69) is 16.0 Å². The van der Waals surface area contributed by atoms with Crippen LogP contribution in [0.25, 0.3) is 0 Å². The van der Waals surface area contributed by atoms with E-state index in [1.807, 2.05) is 44.2 Å². The van der Waals surface area contributed by atoms with Crippen LogP contribution < -0.4 is 27.4 Å². The summed E-state index contributed by atoms with van der Waals surface area (Å²) >= 11 is 0. The second kappa shape index (κ2) is 12.5. The van der Waals surface area contributed by atoms with Gasteiger partial charge in [-0.15, -0.1) is 0 Å². The molecule has 0 saturated heterocycles. The second-order valence-corrected chi connectivity index (χ2v) is 8.53. The number of nitrogens with one attached hydrogen (secondary N) is 3. The van der Waals surface area contributed by atoms with Crippen LogP contribution >= 0.6 is 0 Å². The molecule has 0 heterocycles. The molecule has 188 valence electrons. The molecule has 0 aliphatic rings. The number of phenolic OH excluding ortho intramolecular Hbond substituents is 1. The molecule has 0 radical (unpaired) electrons. The second-order valence-electron chi connectivity index (χ2n) is 8.53. The molecule has 2 rings (SSSR count). The van der Waals surface area contributed by atoms with Gasteiger partial charge in [-0.3, -0.25) is 19.2 Å². The molecule has 0 aromatic heterocycles. The number of hydrogen-bond acceptors (Lipinski definition) is 6. The van der Waals surface area contributed by atoms with Crippen LogP contribution in [0.1, 0.15) is 29.2 Å². The van der Waals surface area contributed by atoms with E-state index in [-0.39, 0.29) is 18.6 Å². The number of carbonyl (C=O) groups excluding carboxylic acids is 4. The summed E-state index contributed by atoms with van der Waals surface area (Å²) in [4.78, 5) is 48.8. The third-order valence-electron chi connectivity index (χ3n) is 5.58. The van der Waals surface area contributed by atoms with E-state index in [1.54, 1.807) is 12.1 Å². The molecule has 0 aliphatic heterocycles. The average Bonchev–Trinajstić information content (AvgIpc) is 2.79. The molecular formula is C25H33N5O5. The van der Waals surface area contributed by atoms with E-state index in [0.29, 0.717) is 0 Å². The lowest BCUT2D eigenvalue weighted by Crippen LogP contribution is -2.53. The molecule has 0 unspecified atom stereocenters. The van der Waals surface area contributed by atoms with Crippen molar-refractivity contribution in [1.82, 2.24) is 16.0 Å². The standard InChI is InChI=1S/C25H33N5O5/c1-14-9-18(31)10-15(2)19(14)12-20(26)25(35)29-16(3)24(34)28-13-22(32)30-21(23(27)33)11-17-7-5-4-6-8-17/h4-10,16,20-21,31H,11-13,26H2,1-3H3,(H2,27,33)(H,28,34)(H,29,35)(H,30,32)/t16-,20+,21+/m1/s1. The van der Waals surface area contributed by atoms with Crippen molar-refractivity contribution in [3.05, 3.63) is 64.7 Å². The third-order valence-corrected chi connectivity index (χ3v) is 5.58. The van der Waals surface area contributed by atoms with E-state index in [4.69, 9.17) is 11.5 Å². The van der Waals surface area contributed by atoms with Crippen LogP contribution in [0.15, 0.2) is 42.5 Å². The van der Waals surface area contributed by atoms with Crippen molar-refractivity contribution in [2.24, 2.45) is 11.5 Å². The van der Waals surface area contributed by atoms with Crippen LogP contribution in [0.4, 0.5) is 0 Å². The number of amides is 4. The molecule has 10 nitrogen and oxygen atoms in total. The lowest BCUT2D eigenvalue weighted by molar-refractivity contribution is -0.131. The Labute approximate surface area is 204 Å². The molecule has 0 bridgehead atoms. The van der Waals surface area contributed by atoms with E-state index >= 15 is 0 Å². The molecular weight excluding hydrogens is 450 g/mol. The Bertz CT molecular complexity index is 1050. The zero-order chi connectivity index (χ0) is 26.1. The fourth-order valence-electron chi connectivity index (χ4n) is 3.63. The fourth-order valence-corrected chi connectivity index (χ4v) is 3.63. The van der Waals surface area contributed by atoms with Gasteiger partial charge < -0.3 is 32.5 Å². The van der Waals surface area contributed by atoms with Crippen LogP contribution in [0.5, 0.6) is 5.75 Å². The highest BCUT2D eigenvalue weighted by Crippen LogP contribution is 2.21. The van der Waals surface area contributed by atoms with Crippen LogP contribution in [0.3, 0.4) is 0 Å². The molecule has 4 amide bonds. The van der Waals surface area contributed by atoms with Crippen molar-refractivity contribution < 1.29 is 24.3 Å². The Morgan fingerprint density at radius 2 is 1.54 bits per heavy atom. The first kappa shape index (κ1) is 27.3. The minimum atomic E-state index is -0.945. The zero-order valence-corrected chi connectivity index (χ0v) is 20.1. The summed E-state index contributed by atoms with van der Waals surface area (Å²) in [5.41, 5.74) is 14.7. The number of primary amides is 1. The third kappa shape index (κ3) is 8.42. The molecule has 10 heteroatoms. The number of nitrogens with two attached hydrogens (primary N) is 2. The lowest BCUT2D eigenvalue weighted by Gasteiger charge is -2.19. The van der Waals surface area contributed by atoms with Gasteiger partial charge in [-0.1, -0.05) is 30.3 Å². The van der Waals surface area contributed by atoms with Crippen molar-refractivity contribution in [2.75, 3.05) is 6.54 Å². The minimum absolute atomic E-state index is 0.137. The van der Waals surface area contributed by atoms with Crippen LogP contribution in [-0.2, 0) is 32.0 Å². The van der Waals surface area contributed by atoms with Crippen LogP contribution in [0.2, 0.25) is 0 Å². The summed E-state index contributed by atoms with van der Waals surface area (Å²) in [6, 6.07) is 9.47. The number of benzene rings is 2.